The van der Waals surface area contributed by atoms with Gasteiger partial charge < -0.3 is 0 Å². The quantitative estimate of drug-likeness (QED) is 0.478. The van der Waals surface area contributed by atoms with E-state index in [1.807, 2.05) is 0 Å². The lowest BCUT2D eigenvalue weighted by Gasteiger charge is -2.04. The van der Waals surface area contributed by atoms with E-state index in [-0.39, 0.29) is 22.1 Å². The second-order valence-electron chi connectivity index (χ2n) is 3.24. The molecular weight excluding hydrogens is 328 g/mol. The third kappa shape index (κ3) is 2.32. The molecule has 0 bridgehead atoms. The van der Waals surface area contributed by atoms with Crippen molar-refractivity contribution < 1.29 is 9.31 Å². The number of aromatic nitrogens is 2. The zero-order valence-corrected chi connectivity index (χ0v) is 10.9. The minimum atomic E-state index is -0.836. The highest BCUT2D eigenvalue weighted by molar-refractivity contribution is 9.10. The first-order valence-electron chi connectivity index (χ1n) is 4.61. The summed E-state index contributed by atoms with van der Waals surface area (Å²) in [6.07, 6.45) is 2.60. The Morgan fingerprint density at radius 2 is 2.17 bits per heavy atom. The molecule has 0 radical (unpaired) electrons. The molecule has 92 valence electrons. The van der Waals surface area contributed by atoms with Crippen LogP contribution < -0.4 is 0 Å². The molecule has 0 N–H and O–H groups in total. The van der Waals surface area contributed by atoms with E-state index < -0.39 is 10.7 Å². The van der Waals surface area contributed by atoms with Gasteiger partial charge in [-0.1, -0.05) is 11.6 Å². The van der Waals surface area contributed by atoms with E-state index in [4.69, 9.17) is 11.6 Å². The van der Waals surface area contributed by atoms with Gasteiger partial charge in [0.1, 0.15) is 0 Å². The predicted molar refractivity (Wildman–Crippen MR) is 66.8 cm³/mol. The summed E-state index contributed by atoms with van der Waals surface area (Å²) in [4.78, 5) is 17.7. The largest absolute Gasteiger partial charge is 0.296 e. The number of nitrogens with zero attached hydrogens (tertiary/aromatic N) is 3. The molecule has 2 aromatic heterocycles. The Morgan fingerprint density at radius 3 is 2.83 bits per heavy atom. The number of pyridine rings is 2. The lowest BCUT2D eigenvalue weighted by Crippen LogP contribution is -1.97. The Kier molecular flexibility index (Phi) is 3.53. The van der Waals surface area contributed by atoms with Crippen LogP contribution in [-0.4, -0.2) is 14.9 Å². The maximum absolute atomic E-state index is 13.8. The third-order valence-electron chi connectivity index (χ3n) is 2.13. The summed E-state index contributed by atoms with van der Waals surface area (Å²) in [5.74, 6) is -0.836. The van der Waals surface area contributed by atoms with E-state index in [9.17, 15) is 14.5 Å². The van der Waals surface area contributed by atoms with E-state index >= 15 is 0 Å². The molecule has 0 spiro atoms. The molecule has 2 rings (SSSR count). The van der Waals surface area contributed by atoms with E-state index in [0.29, 0.717) is 4.47 Å². The Labute approximate surface area is 114 Å². The molecule has 2 aromatic rings. The lowest BCUT2D eigenvalue weighted by molar-refractivity contribution is -0.384. The van der Waals surface area contributed by atoms with Crippen LogP contribution in [0.25, 0.3) is 11.3 Å². The number of nitro groups is 1. The van der Waals surface area contributed by atoms with Gasteiger partial charge in [-0.15, -0.1) is 0 Å². The maximum atomic E-state index is 13.8. The van der Waals surface area contributed by atoms with Gasteiger partial charge >= 0.3 is 0 Å². The van der Waals surface area contributed by atoms with Crippen LogP contribution in [0, 0.1) is 15.9 Å². The molecule has 2 heterocycles. The molecular formula is C10H4BrClFN3O2. The van der Waals surface area contributed by atoms with Crippen LogP contribution in [0.15, 0.2) is 29.0 Å². The number of halogens is 3. The van der Waals surface area contributed by atoms with Gasteiger partial charge in [0.2, 0.25) is 0 Å². The molecule has 0 amide bonds. The van der Waals surface area contributed by atoms with Crippen LogP contribution in [0.1, 0.15) is 0 Å². The maximum Gasteiger partial charge on any atom is 0.296 e. The highest BCUT2D eigenvalue weighted by atomic mass is 79.9. The van der Waals surface area contributed by atoms with Gasteiger partial charge in [0.05, 0.1) is 4.92 Å². The van der Waals surface area contributed by atoms with Gasteiger partial charge in [-0.25, -0.2) is 14.4 Å². The molecule has 0 fully saturated rings. The van der Waals surface area contributed by atoms with Gasteiger partial charge in [0.25, 0.3) is 5.69 Å². The van der Waals surface area contributed by atoms with Crippen LogP contribution in [0.3, 0.4) is 0 Å². The summed E-state index contributed by atoms with van der Waals surface area (Å²) in [5, 5.41) is 10.6. The van der Waals surface area contributed by atoms with Crippen molar-refractivity contribution in [3.05, 3.63) is 50.1 Å². The van der Waals surface area contributed by atoms with Crippen molar-refractivity contribution >= 4 is 33.2 Å². The van der Waals surface area contributed by atoms with Gasteiger partial charge in [0, 0.05) is 28.5 Å². The summed E-state index contributed by atoms with van der Waals surface area (Å²) in [6.45, 7) is 0. The average molecular weight is 333 g/mol. The van der Waals surface area contributed by atoms with Crippen LogP contribution in [0.2, 0.25) is 5.15 Å². The fourth-order valence-corrected chi connectivity index (χ4v) is 1.85. The Balaban J connectivity index is 2.71. The summed E-state index contributed by atoms with van der Waals surface area (Å²) < 4.78 is 14.2. The molecule has 8 heteroatoms. The van der Waals surface area contributed by atoms with Crippen LogP contribution >= 0.6 is 27.5 Å². The zero-order valence-electron chi connectivity index (χ0n) is 8.60. The average Bonchev–Trinajstić information content (AvgIpc) is 2.33. The molecule has 5 nitrogen and oxygen atoms in total. The molecule has 0 aromatic carbocycles. The van der Waals surface area contributed by atoms with E-state index in [0.717, 1.165) is 0 Å². The molecule has 0 aliphatic carbocycles. The van der Waals surface area contributed by atoms with Crippen LogP contribution in [-0.2, 0) is 0 Å². The molecule has 0 unspecified atom stereocenters. The third-order valence-corrected chi connectivity index (χ3v) is 2.83. The first-order chi connectivity index (χ1) is 8.50. The van der Waals surface area contributed by atoms with Crippen molar-refractivity contribution in [3.63, 3.8) is 0 Å². The molecule has 0 saturated carbocycles. The zero-order chi connectivity index (χ0) is 13.3. The molecule has 0 aliphatic rings. The van der Waals surface area contributed by atoms with Gasteiger partial charge in [-0.05, 0) is 22.0 Å². The fourth-order valence-electron chi connectivity index (χ4n) is 1.38. The SMILES string of the molecule is O=[N+]([O-])c1cc(Br)cnc1-c1ccnc(Cl)c1F. The lowest BCUT2D eigenvalue weighted by atomic mass is 10.1. The summed E-state index contributed by atoms with van der Waals surface area (Å²) >= 11 is 8.60. The van der Waals surface area contributed by atoms with E-state index in [1.54, 1.807) is 0 Å². The van der Waals surface area contributed by atoms with Crippen molar-refractivity contribution in [2.45, 2.75) is 0 Å². The summed E-state index contributed by atoms with van der Waals surface area (Å²) in [7, 11) is 0. The topological polar surface area (TPSA) is 68.9 Å². The highest BCUT2D eigenvalue weighted by Gasteiger charge is 2.21. The minimum absolute atomic E-state index is 0.0609. The Hall–Kier alpha value is -1.60. The van der Waals surface area contributed by atoms with E-state index in [1.165, 1.54) is 24.5 Å². The van der Waals surface area contributed by atoms with Crippen molar-refractivity contribution in [1.29, 1.82) is 0 Å². The number of hydrogen-bond acceptors (Lipinski definition) is 4. The number of rotatable bonds is 2. The molecule has 0 atom stereocenters. The second kappa shape index (κ2) is 4.95. The van der Waals surface area contributed by atoms with Gasteiger partial charge in [-0.3, -0.25) is 10.1 Å². The van der Waals surface area contributed by atoms with Crippen molar-refractivity contribution in [2.75, 3.05) is 0 Å². The minimum Gasteiger partial charge on any atom is -0.258 e. The van der Waals surface area contributed by atoms with Crippen LogP contribution in [0.5, 0.6) is 0 Å². The Bertz CT molecular complexity index is 639. The standard InChI is InChI=1S/C10H4BrClFN3O2/c11-5-3-7(16(17)18)9(15-4-5)6-1-2-14-10(12)8(6)13/h1-4H. The van der Waals surface area contributed by atoms with Gasteiger partial charge in [-0.2, -0.15) is 0 Å². The fraction of sp³-hybridized carbons (Fsp3) is 0. The van der Waals surface area contributed by atoms with Crippen molar-refractivity contribution in [1.82, 2.24) is 9.97 Å². The van der Waals surface area contributed by atoms with Gasteiger partial charge in [0.15, 0.2) is 16.7 Å². The highest BCUT2D eigenvalue weighted by Crippen LogP contribution is 2.32. The first kappa shape index (κ1) is 12.8. The molecule has 18 heavy (non-hydrogen) atoms. The Morgan fingerprint density at radius 1 is 1.44 bits per heavy atom. The normalized spacial score (nSPS) is 10.4. The molecule has 0 aliphatic heterocycles. The first-order valence-corrected chi connectivity index (χ1v) is 5.78. The van der Waals surface area contributed by atoms with Crippen molar-refractivity contribution in [2.24, 2.45) is 0 Å². The van der Waals surface area contributed by atoms with E-state index in [2.05, 4.69) is 25.9 Å². The smallest absolute Gasteiger partial charge is 0.258 e. The van der Waals surface area contributed by atoms with Crippen molar-refractivity contribution in [3.8, 4) is 11.3 Å². The predicted octanol–water partition coefficient (Wildman–Crippen LogP) is 3.61. The summed E-state index contributed by atoms with van der Waals surface area (Å²) in [5.41, 5.74) is -0.468. The monoisotopic (exact) mass is 331 g/mol. The summed E-state index contributed by atoms with van der Waals surface area (Å²) in [6, 6.07) is 2.53. The number of hydrogen-bond donors (Lipinski definition) is 0. The second-order valence-corrected chi connectivity index (χ2v) is 4.52. The van der Waals surface area contributed by atoms with Crippen LogP contribution in [0.4, 0.5) is 10.1 Å². The molecule has 0 saturated heterocycles.